The van der Waals surface area contributed by atoms with Gasteiger partial charge < -0.3 is 15.0 Å². The second kappa shape index (κ2) is 8.89. The third-order valence-electron chi connectivity index (χ3n) is 9.28. The maximum absolute atomic E-state index is 12.5. The van der Waals surface area contributed by atoms with E-state index in [-0.39, 0.29) is 11.9 Å². The van der Waals surface area contributed by atoms with Gasteiger partial charge in [-0.3, -0.25) is 9.69 Å². The van der Waals surface area contributed by atoms with Gasteiger partial charge in [-0.25, -0.2) is 9.50 Å². The number of likely N-dealkylation sites (tertiary alicyclic amines) is 1. The Hall–Kier alpha value is -2.75. The van der Waals surface area contributed by atoms with Crippen LogP contribution < -0.4 is 5.32 Å². The lowest BCUT2D eigenvalue weighted by Gasteiger charge is -2.32. The molecule has 0 spiro atoms. The van der Waals surface area contributed by atoms with E-state index in [0.29, 0.717) is 43.6 Å². The van der Waals surface area contributed by atoms with Crippen molar-refractivity contribution in [3.8, 4) is 11.3 Å². The van der Waals surface area contributed by atoms with Crippen LogP contribution in [0.1, 0.15) is 65.7 Å². The fourth-order valence-electron chi connectivity index (χ4n) is 7.18. The molecule has 200 valence electrons. The number of ether oxygens (including phenoxy) is 1. The van der Waals surface area contributed by atoms with Gasteiger partial charge in [0.15, 0.2) is 5.65 Å². The van der Waals surface area contributed by atoms with Gasteiger partial charge in [0.1, 0.15) is 11.2 Å². The number of thiophene rings is 1. The minimum absolute atomic E-state index is 0.145. The molecule has 8 nitrogen and oxygen atoms in total. The summed E-state index contributed by atoms with van der Waals surface area (Å²) in [6.45, 7) is 14.1. The van der Waals surface area contributed by atoms with Crippen molar-refractivity contribution in [1.29, 1.82) is 0 Å². The molecule has 4 aromatic heterocycles. The highest BCUT2D eigenvalue weighted by Gasteiger charge is 2.46. The molecule has 2 bridgehead atoms. The highest BCUT2D eigenvalue weighted by atomic mass is 32.1. The second-order valence-corrected chi connectivity index (χ2v) is 13.0. The molecule has 3 atom stereocenters. The first-order chi connectivity index (χ1) is 18.3. The number of aromatic nitrogens is 4. The SMILES string of the molecule is Cc1c(-c2[nH]c3sc([C@@H]4C[C@@H]5C[C@H]4CN5CC(=O)NC4COC4)c(C)c3c2C(C)C)cn2ncnc2c1C. The van der Waals surface area contributed by atoms with E-state index >= 15 is 0 Å². The molecule has 1 aliphatic carbocycles. The maximum Gasteiger partial charge on any atom is 0.234 e. The number of amides is 1. The number of carbonyl (C=O) groups excluding carboxylic acids is 1. The number of carbonyl (C=O) groups is 1. The van der Waals surface area contributed by atoms with Gasteiger partial charge in [0.05, 0.1) is 31.5 Å². The van der Waals surface area contributed by atoms with E-state index in [0.717, 1.165) is 18.6 Å². The summed E-state index contributed by atoms with van der Waals surface area (Å²) >= 11 is 1.96. The van der Waals surface area contributed by atoms with E-state index in [1.54, 1.807) is 11.2 Å². The van der Waals surface area contributed by atoms with Crippen molar-refractivity contribution < 1.29 is 9.53 Å². The molecule has 1 saturated carbocycles. The number of hydrogen-bond donors (Lipinski definition) is 2. The van der Waals surface area contributed by atoms with Crippen LogP contribution in [-0.4, -0.2) is 68.8 Å². The molecular formula is C29H36N6O2S. The number of fused-ring (bicyclic) bond motifs is 4. The average molecular weight is 533 g/mol. The van der Waals surface area contributed by atoms with Gasteiger partial charge in [0, 0.05) is 34.6 Å². The standard InChI is InChI=1S/C29H36N6O2S/c1-14(2)24-25-17(5)27(21-7-20-6-18(21)8-34(20)10-23(36)32-19-11-37-12-19)38-29(25)33-26(24)22-9-35-28(30-13-31-35)16(4)15(22)3/h9,13-14,18-21,33H,6-8,10-12H2,1-5H3,(H,32,36)/t18-,20-,21+/m0/s1. The lowest BCUT2D eigenvalue weighted by atomic mass is 9.88. The number of H-pyrrole nitrogens is 1. The Morgan fingerprint density at radius 1 is 1.21 bits per heavy atom. The van der Waals surface area contributed by atoms with E-state index < -0.39 is 0 Å². The Morgan fingerprint density at radius 3 is 2.71 bits per heavy atom. The minimum atomic E-state index is 0.145. The van der Waals surface area contributed by atoms with Gasteiger partial charge in [-0.15, -0.1) is 11.3 Å². The van der Waals surface area contributed by atoms with Crippen molar-refractivity contribution in [1.82, 2.24) is 29.8 Å². The van der Waals surface area contributed by atoms with E-state index in [1.807, 2.05) is 15.9 Å². The molecule has 3 aliphatic rings. The summed E-state index contributed by atoms with van der Waals surface area (Å²) in [5.41, 5.74) is 8.62. The van der Waals surface area contributed by atoms with Gasteiger partial charge in [0.25, 0.3) is 0 Å². The molecule has 2 aliphatic heterocycles. The molecule has 1 amide bonds. The predicted octanol–water partition coefficient (Wildman–Crippen LogP) is 4.68. The number of rotatable bonds is 6. The highest BCUT2D eigenvalue weighted by molar-refractivity contribution is 7.19. The quantitative estimate of drug-likeness (QED) is 0.377. The Morgan fingerprint density at radius 2 is 2.03 bits per heavy atom. The summed E-state index contributed by atoms with van der Waals surface area (Å²) < 4.78 is 7.09. The van der Waals surface area contributed by atoms with Gasteiger partial charge >= 0.3 is 0 Å². The highest BCUT2D eigenvalue weighted by Crippen LogP contribution is 2.53. The molecule has 3 fully saturated rings. The number of pyridine rings is 1. The Kier molecular flexibility index (Phi) is 5.69. The zero-order valence-corrected chi connectivity index (χ0v) is 23.6. The van der Waals surface area contributed by atoms with Gasteiger partial charge in [-0.05, 0) is 73.6 Å². The molecule has 2 saturated heterocycles. The van der Waals surface area contributed by atoms with Gasteiger partial charge in [-0.1, -0.05) is 13.8 Å². The van der Waals surface area contributed by atoms with Crippen LogP contribution in [0.15, 0.2) is 12.5 Å². The predicted molar refractivity (Wildman–Crippen MR) is 150 cm³/mol. The fraction of sp³-hybridized carbons (Fsp3) is 0.552. The fourth-order valence-corrected chi connectivity index (χ4v) is 8.62. The molecule has 38 heavy (non-hydrogen) atoms. The number of hydrogen-bond acceptors (Lipinski definition) is 6. The van der Waals surface area contributed by atoms with E-state index in [9.17, 15) is 4.79 Å². The Labute approximate surface area is 226 Å². The van der Waals surface area contributed by atoms with Crippen molar-refractivity contribution >= 4 is 33.1 Å². The van der Waals surface area contributed by atoms with Crippen LogP contribution in [0.3, 0.4) is 0 Å². The molecule has 9 heteroatoms. The van der Waals surface area contributed by atoms with Gasteiger partial charge in [0.2, 0.25) is 5.91 Å². The number of piperidine rings is 1. The van der Waals surface area contributed by atoms with E-state index in [2.05, 4.69) is 66.1 Å². The normalized spacial score (nSPS) is 23.8. The smallest absolute Gasteiger partial charge is 0.234 e. The molecule has 6 heterocycles. The summed E-state index contributed by atoms with van der Waals surface area (Å²) in [5.74, 6) is 1.75. The van der Waals surface area contributed by atoms with Crippen LogP contribution in [0.4, 0.5) is 0 Å². The molecule has 0 unspecified atom stereocenters. The van der Waals surface area contributed by atoms with E-state index in [1.165, 1.54) is 50.1 Å². The second-order valence-electron chi connectivity index (χ2n) is 11.9. The first-order valence-electron chi connectivity index (χ1n) is 13.9. The summed E-state index contributed by atoms with van der Waals surface area (Å²) in [6, 6.07) is 0.714. The Balaban J connectivity index is 1.19. The van der Waals surface area contributed by atoms with Crippen LogP contribution in [0.25, 0.3) is 27.1 Å². The molecule has 4 aromatic rings. The largest absolute Gasteiger partial charge is 0.377 e. The zero-order valence-electron chi connectivity index (χ0n) is 22.8. The average Bonchev–Trinajstić information content (AvgIpc) is 3.65. The molecule has 0 radical (unpaired) electrons. The topological polar surface area (TPSA) is 87.5 Å². The number of nitrogens with zero attached hydrogens (tertiary/aromatic N) is 4. The number of nitrogens with one attached hydrogen (secondary N) is 2. The molecule has 2 N–H and O–H groups in total. The molecular weight excluding hydrogens is 496 g/mol. The van der Waals surface area contributed by atoms with Crippen molar-refractivity contribution in [2.75, 3.05) is 26.3 Å². The summed E-state index contributed by atoms with van der Waals surface area (Å²) in [5, 5.41) is 8.95. The van der Waals surface area contributed by atoms with Crippen molar-refractivity contribution in [2.45, 2.75) is 71.4 Å². The minimum Gasteiger partial charge on any atom is -0.377 e. The maximum atomic E-state index is 12.5. The lowest BCUT2D eigenvalue weighted by Crippen LogP contribution is -2.52. The van der Waals surface area contributed by atoms with Crippen LogP contribution in [0.2, 0.25) is 0 Å². The van der Waals surface area contributed by atoms with Crippen LogP contribution >= 0.6 is 11.3 Å². The van der Waals surface area contributed by atoms with Crippen molar-refractivity contribution in [3.63, 3.8) is 0 Å². The third kappa shape index (κ3) is 3.66. The van der Waals surface area contributed by atoms with Gasteiger partial charge in [-0.2, -0.15) is 5.10 Å². The van der Waals surface area contributed by atoms with Crippen LogP contribution in [-0.2, 0) is 9.53 Å². The lowest BCUT2D eigenvalue weighted by molar-refractivity contribution is -0.126. The number of aromatic amines is 1. The summed E-state index contributed by atoms with van der Waals surface area (Å²) in [4.78, 5) is 26.0. The first-order valence-corrected chi connectivity index (χ1v) is 14.7. The molecule has 7 rings (SSSR count). The first kappa shape index (κ1) is 24.3. The van der Waals surface area contributed by atoms with Crippen LogP contribution in [0.5, 0.6) is 0 Å². The molecule has 0 aromatic carbocycles. The van der Waals surface area contributed by atoms with Crippen molar-refractivity contribution in [3.05, 3.63) is 39.7 Å². The summed E-state index contributed by atoms with van der Waals surface area (Å²) in [6.07, 6.45) is 6.11. The van der Waals surface area contributed by atoms with E-state index in [4.69, 9.17) is 4.74 Å². The third-order valence-corrected chi connectivity index (χ3v) is 10.6. The Bertz CT molecular complexity index is 1560. The van der Waals surface area contributed by atoms with Crippen LogP contribution in [0, 0.1) is 26.7 Å². The number of aryl methyl sites for hydroxylation is 2. The zero-order chi connectivity index (χ0) is 26.3. The monoisotopic (exact) mass is 532 g/mol. The summed E-state index contributed by atoms with van der Waals surface area (Å²) in [7, 11) is 0. The van der Waals surface area contributed by atoms with Crippen molar-refractivity contribution in [2.24, 2.45) is 5.92 Å².